The topological polar surface area (TPSA) is 181 Å². The monoisotopic (exact) mass is 1470 g/mol. The second kappa shape index (κ2) is 42.0. The van der Waals surface area contributed by atoms with Crippen LogP contribution in [0.3, 0.4) is 0 Å². The van der Waals surface area contributed by atoms with Crippen LogP contribution in [0.1, 0.15) is 49.2 Å². The molecule has 3 heterocycles. The van der Waals surface area contributed by atoms with Crippen LogP contribution in [0.4, 0.5) is 26.3 Å². The molecule has 0 radical (unpaired) electrons. The van der Waals surface area contributed by atoms with Crippen molar-refractivity contribution in [3.05, 3.63) is 289 Å². The summed E-state index contributed by atoms with van der Waals surface area (Å²) < 4.78 is 153. The summed E-state index contributed by atoms with van der Waals surface area (Å²) in [4.78, 5) is 26.9. The summed E-state index contributed by atoms with van der Waals surface area (Å²) in [6, 6.07) is 51.5. The first-order valence-electron chi connectivity index (χ1n) is 27.1. The van der Waals surface area contributed by atoms with Crippen molar-refractivity contribution in [2.24, 2.45) is 0 Å². The van der Waals surface area contributed by atoms with Gasteiger partial charge in [0.2, 0.25) is 0 Å². The molecular weight excluding hydrogens is 1410 g/mol. The predicted octanol–water partition coefficient (Wildman–Crippen LogP) is 8.24. The zero-order valence-electron chi connectivity index (χ0n) is 51.4. The van der Waals surface area contributed by atoms with Crippen molar-refractivity contribution in [2.45, 2.75) is 64.2 Å². The number of benzene rings is 8. The third-order valence-electron chi connectivity index (χ3n) is 12.4. The Bertz CT molecular complexity index is 4360. The van der Waals surface area contributed by atoms with E-state index in [4.69, 9.17) is 13.2 Å². The van der Waals surface area contributed by atoms with Gasteiger partial charge in [-0.25, -0.2) is 26.3 Å². The molecule has 1 aliphatic heterocycles. The summed E-state index contributed by atoms with van der Waals surface area (Å²) in [5.74, 6) is -4.44. The van der Waals surface area contributed by atoms with Crippen LogP contribution in [-0.4, -0.2) is 103 Å². The van der Waals surface area contributed by atoms with E-state index in [-0.39, 0.29) is 96.4 Å². The maximum atomic E-state index is 14.8. The predicted molar refractivity (Wildman–Crippen MR) is 351 cm³/mol. The summed E-state index contributed by atoms with van der Waals surface area (Å²) in [5.41, 5.74) is 2.53. The third-order valence-corrected chi connectivity index (χ3v) is 16.3. The van der Waals surface area contributed by atoms with Gasteiger partial charge in [0.15, 0.2) is 0 Å². The fourth-order valence-electron chi connectivity index (χ4n) is 8.34. The van der Waals surface area contributed by atoms with Crippen LogP contribution in [0.15, 0.2) is 218 Å². The Labute approximate surface area is 599 Å². The smallest absolute Gasteiger partial charge is 1.00 e. The van der Waals surface area contributed by atoms with Gasteiger partial charge < -0.3 is 36.0 Å². The fraction of sp³-hybridized carbons (Fsp3) is 0.149. The van der Waals surface area contributed by atoms with Gasteiger partial charge >= 0.3 is 57.7 Å². The van der Waals surface area contributed by atoms with Crippen molar-refractivity contribution in [1.29, 1.82) is 0 Å². The molecule has 1 aliphatic rings. The van der Waals surface area contributed by atoms with Crippen molar-refractivity contribution in [1.82, 2.24) is 18.4 Å². The molecule has 94 heavy (non-hydrogen) atoms. The number of ether oxygens (including phenoxy) is 1. The van der Waals surface area contributed by atoms with Crippen LogP contribution in [0.2, 0.25) is 0 Å². The molecule has 8 aromatic carbocycles. The van der Waals surface area contributed by atoms with E-state index in [9.17, 15) is 52.8 Å². The zero-order chi connectivity index (χ0) is 66.1. The van der Waals surface area contributed by atoms with E-state index in [1.807, 2.05) is 81.8 Å². The Kier molecular flexibility index (Phi) is 38.2. The van der Waals surface area contributed by atoms with Crippen molar-refractivity contribution in [3.63, 3.8) is 0 Å². The standard InChI is InChI=1S/C24H18F2N2O3S.C24H20N2O3S.C6H3BrF2.C6H3F2.C4H8O.C3H7.2ClH.2Mg.O2S/c1-15-11-13-18(14-12-15)32(30,31)28-24(29)23(22-19(25)9-6-10-20(22)26)21(16(2)27-28)17-7-4-3-5-8-17;1-17-13-15-21(16-14-17)30(28,29)26-24(27)23(20-11-7-4-8-12-20)22(18(2)25-26)19-9-5-3-6-10-19;7-6-4(8)2-1-3-5(6)9;7-5-2-1-3-6(8)4-5;1-2-4-5-3-1;1-3-2;;;;;1-3-2/h3-14H,1-2H3;3-16H,1-2H3;1-3H;1-3H;1-4H2;3H,1-2H3;2*1H;;;/q;;;-1;;-1;;;2*+2;/p-2. The van der Waals surface area contributed by atoms with Crippen molar-refractivity contribution in [3.8, 4) is 44.5 Å². The molecule has 0 bridgehead atoms. The zero-order valence-corrected chi connectivity index (χ0v) is 59.8. The van der Waals surface area contributed by atoms with Gasteiger partial charge in [0.05, 0.1) is 42.3 Å². The van der Waals surface area contributed by atoms with Crippen LogP contribution in [-0.2, 0) is 36.4 Å². The first-order valence-corrected chi connectivity index (χ1v) is 31.5. The van der Waals surface area contributed by atoms with Gasteiger partial charge in [0.1, 0.15) is 23.3 Å². The maximum Gasteiger partial charge on any atom is 2.00 e. The van der Waals surface area contributed by atoms with E-state index in [1.54, 1.807) is 80.6 Å². The van der Waals surface area contributed by atoms with Gasteiger partial charge in [-0.3, -0.25) is 9.59 Å². The van der Waals surface area contributed by atoms with Gasteiger partial charge in [-0.15, -0.1) is 26.4 Å². The van der Waals surface area contributed by atoms with Crippen LogP contribution < -0.4 is 35.9 Å². The number of rotatable bonds is 8. The Morgan fingerprint density at radius 3 is 1.05 bits per heavy atom. The molecule has 0 aliphatic carbocycles. The molecule has 1 fully saturated rings. The van der Waals surface area contributed by atoms with Crippen LogP contribution in [0.5, 0.6) is 0 Å². The molecule has 486 valence electrons. The van der Waals surface area contributed by atoms with Crippen LogP contribution in [0, 0.1) is 75.1 Å². The summed E-state index contributed by atoms with van der Waals surface area (Å²) in [7, 11) is -8.56. The molecule has 2 aromatic heterocycles. The molecule has 10 aromatic rings. The first kappa shape index (κ1) is 85.4. The van der Waals surface area contributed by atoms with Crippen molar-refractivity contribution in [2.75, 3.05) is 13.2 Å². The molecule has 0 spiro atoms. The van der Waals surface area contributed by atoms with Gasteiger partial charge in [0.25, 0.3) is 31.2 Å². The average molecular weight is 1470 g/mol. The minimum Gasteiger partial charge on any atom is -1.00 e. The third kappa shape index (κ3) is 23.6. The SMILES string of the molecule is C1CCOC1.C[CH-]C.Cc1ccc(S(=O)(=O)n2nc(C)c(-c3ccccc3)c(-c3c(F)cccc3F)c2=O)cc1.Cc1ccc(S(=O)(=O)n2nc(C)c(-c3ccccc3)c(-c3ccccc3)c2=O)cc1.Fc1[c-]c(F)ccc1.Fc1cccc(F)c1Br.O=S=O.[Cl-].[Cl-].[Mg+2].[Mg+2]. The molecule has 11 rings (SSSR count). The second-order valence-electron chi connectivity index (χ2n) is 19.1. The summed E-state index contributed by atoms with van der Waals surface area (Å²) in [5, 5.41) is 8.26. The fourth-order valence-corrected chi connectivity index (χ4v) is 11.0. The first-order chi connectivity index (χ1) is 42.9. The van der Waals surface area contributed by atoms with Gasteiger partial charge in [-0.2, -0.15) is 55.4 Å². The number of aryl methyl sites for hydroxylation is 4. The Balaban J connectivity index is 0.000000648. The van der Waals surface area contributed by atoms with Crippen LogP contribution >= 0.6 is 15.9 Å². The van der Waals surface area contributed by atoms with Crippen LogP contribution in [0.25, 0.3) is 44.5 Å². The van der Waals surface area contributed by atoms with Gasteiger partial charge in [-0.05, 0) is 122 Å². The van der Waals surface area contributed by atoms with E-state index < -0.39 is 88.8 Å². The Morgan fingerprint density at radius 2 is 0.755 bits per heavy atom. The molecule has 0 saturated carbocycles. The minimum absolute atomic E-state index is 0. The van der Waals surface area contributed by atoms with Gasteiger partial charge in [-0.1, -0.05) is 139 Å². The van der Waals surface area contributed by atoms with Crippen molar-refractivity contribution >= 4 is 93.7 Å². The molecular formula is C67H59BrCl2F6Mg2N4O9S3. The van der Waals surface area contributed by atoms with E-state index in [0.29, 0.717) is 36.1 Å². The number of halogens is 9. The number of nitrogens with zero attached hydrogens (tertiary/aromatic N) is 4. The molecule has 27 heteroatoms. The number of hydrogen-bond donors (Lipinski definition) is 0. The normalized spacial score (nSPS) is 10.9. The second-order valence-corrected chi connectivity index (χ2v) is 23.6. The summed E-state index contributed by atoms with van der Waals surface area (Å²) in [6.45, 7) is 12.9. The molecule has 1 saturated heterocycles. The molecule has 0 N–H and O–H groups in total. The molecule has 0 amide bonds. The van der Waals surface area contributed by atoms with E-state index >= 15 is 0 Å². The van der Waals surface area contributed by atoms with E-state index in [2.05, 4.69) is 26.1 Å². The summed E-state index contributed by atoms with van der Waals surface area (Å²) >= 11 is 1.98. The van der Waals surface area contributed by atoms with Gasteiger partial charge in [0, 0.05) is 36.0 Å². The summed E-state index contributed by atoms with van der Waals surface area (Å²) in [6.07, 6.45) is 4.56. The average Bonchev–Trinajstić information content (AvgIpc) is 0.777. The Morgan fingerprint density at radius 1 is 0.457 bits per heavy atom. The van der Waals surface area contributed by atoms with E-state index in [0.717, 1.165) is 54.2 Å². The number of hydrogen-bond acceptors (Lipinski definition) is 11. The largest absolute Gasteiger partial charge is 2.00 e. The number of aromatic nitrogens is 4. The van der Waals surface area contributed by atoms with E-state index in [1.165, 1.54) is 74.4 Å². The molecule has 0 unspecified atom stereocenters. The maximum absolute atomic E-state index is 14.8. The minimum atomic E-state index is -4.42. The quantitative estimate of drug-likeness (QED) is 0.0619. The van der Waals surface area contributed by atoms with Crippen molar-refractivity contribution < 1.29 is 81.1 Å². The molecule has 13 nitrogen and oxygen atoms in total. The Hall–Kier alpha value is -6.63. The molecule has 0 atom stereocenters.